The molecular formula is C13H8BrN3O3. The maximum atomic E-state index is 11.7. The molecule has 7 heteroatoms. The minimum absolute atomic E-state index is 0.0658. The van der Waals surface area contributed by atoms with E-state index in [1.807, 2.05) is 0 Å². The van der Waals surface area contributed by atoms with Crippen molar-refractivity contribution < 1.29 is 14.7 Å². The first-order valence-corrected chi connectivity index (χ1v) is 6.05. The van der Waals surface area contributed by atoms with Gasteiger partial charge in [-0.2, -0.15) is 10.5 Å². The van der Waals surface area contributed by atoms with Crippen LogP contribution in [0.3, 0.4) is 0 Å². The van der Waals surface area contributed by atoms with Crippen LogP contribution in [0.4, 0.5) is 5.69 Å². The number of Topliss-reactive ketones (excluding diaryl/α,β-unsaturated/α-hetero) is 1. The fourth-order valence-electron chi connectivity index (χ4n) is 1.37. The minimum atomic E-state index is -1.59. The molecule has 1 rings (SSSR count). The molecule has 0 aliphatic heterocycles. The second-order valence-corrected chi connectivity index (χ2v) is 4.47. The van der Waals surface area contributed by atoms with Gasteiger partial charge in [0.1, 0.15) is 17.7 Å². The van der Waals surface area contributed by atoms with Crippen molar-refractivity contribution in [1.29, 1.82) is 10.5 Å². The van der Waals surface area contributed by atoms with E-state index in [-0.39, 0.29) is 16.8 Å². The molecule has 0 amide bonds. The van der Waals surface area contributed by atoms with Crippen LogP contribution in [0.25, 0.3) is 0 Å². The van der Waals surface area contributed by atoms with Gasteiger partial charge in [0.25, 0.3) is 5.78 Å². The summed E-state index contributed by atoms with van der Waals surface area (Å²) in [6.07, 6.45) is 1.11. The van der Waals surface area contributed by atoms with Crippen LogP contribution in [0, 0.1) is 29.6 Å². The Labute approximate surface area is 123 Å². The molecule has 0 aliphatic rings. The van der Waals surface area contributed by atoms with Gasteiger partial charge in [0.05, 0.1) is 11.3 Å². The van der Waals surface area contributed by atoms with Gasteiger partial charge in [-0.05, 0) is 34.5 Å². The number of carbonyl (C=O) groups excluding carboxylic acids is 1. The first-order chi connectivity index (χ1) is 9.42. The lowest BCUT2D eigenvalue weighted by molar-refractivity contribution is -0.131. The maximum absolute atomic E-state index is 11.7. The molecule has 0 unspecified atom stereocenters. The number of hydrogen-bond donors (Lipinski definition) is 2. The topological polar surface area (TPSA) is 114 Å². The summed E-state index contributed by atoms with van der Waals surface area (Å²) in [6.45, 7) is 1.71. The van der Waals surface area contributed by atoms with Gasteiger partial charge in [-0.1, -0.05) is 6.07 Å². The lowest BCUT2D eigenvalue weighted by Crippen LogP contribution is -2.15. The van der Waals surface area contributed by atoms with Crippen LogP contribution in [0.2, 0.25) is 0 Å². The number of aliphatic carboxylic acids is 1. The summed E-state index contributed by atoms with van der Waals surface area (Å²) in [6, 6.07) is 6.45. The molecule has 6 nitrogen and oxygen atoms in total. The predicted octanol–water partition coefficient (Wildman–Crippen LogP) is 2.37. The highest BCUT2D eigenvalue weighted by molar-refractivity contribution is 9.10. The SMILES string of the molecule is Cc1ccc(NC=C(C#N)C#N)c(C(=O)C(=O)O)c1Br. The van der Waals surface area contributed by atoms with Crippen LogP contribution >= 0.6 is 15.9 Å². The highest BCUT2D eigenvalue weighted by atomic mass is 79.9. The standard InChI is InChI=1S/C13H8BrN3O3/c1-7-2-3-9(17-6-8(4-15)5-16)10(11(7)14)12(18)13(19)20/h2-3,6,17H,1H3,(H,19,20). The summed E-state index contributed by atoms with van der Waals surface area (Å²) in [5, 5.41) is 28.7. The Morgan fingerprint density at radius 2 is 1.95 bits per heavy atom. The number of nitrogens with zero attached hydrogens (tertiary/aromatic N) is 2. The Morgan fingerprint density at radius 1 is 1.35 bits per heavy atom. The van der Waals surface area contributed by atoms with Crippen LogP contribution < -0.4 is 5.32 Å². The predicted molar refractivity (Wildman–Crippen MR) is 73.8 cm³/mol. The van der Waals surface area contributed by atoms with E-state index in [2.05, 4.69) is 21.2 Å². The third-order valence-electron chi connectivity index (χ3n) is 2.37. The van der Waals surface area contributed by atoms with E-state index in [4.69, 9.17) is 15.6 Å². The Kier molecular flexibility index (Phi) is 5.01. The van der Waals surface area contributed by atoms with Crippen LogP contribution in [0.5, 0.6) is 0 Å². The Hall–Kier alpha value is -2.64. The van der Waals surface area contributed by atoms with Crippen LogP contribution in [0.1, 0.15) is 15.9 Å². The van der Waals surface area contributed by atoms with E-state index >= 15 is 0 Å². The Bertz CT molecular complexity index is 680. The van der Waals surface area contributed by atoms with Crippen molar-refractivity contribution in [3.63, 3.8) is 0 Å². The molecule has 20 heavy (non-hydrogen) atoms. The van der Waals surface area contributed by atoms with Gasteiger partial charge in [-0.3, -0.25) is 4.79 Å². The number of hydrogen-bond acceptors (Lipinski definition) is 5. The molecule has 0 saturated heterocycles. The summed E-state index contributed by atoms with van der Waals surface area (Å²) < 4.78 is 0.346. The molecule has 0 aromatic heterocycles. The number of anilines is 1. The summed E-state index contributed by atoms with van der Waals surface area (Å²) in [5.74, 6) is -2.68. The number of carboxylic acids is 1. The number of carbonyl (C=O) groups is 2. The monoisotopic (exact) mass is 333 g/mol. The molecule has 2 N–H and O–H groups in total. The molecule has 0 bridgehead atoms. The number of nitriles is 2. The molecule has 1 aromatic rings. The average Bonchev–Trinajstić information content (AvgIpc) is 2.43. The highest BCUT2D eigenvalue weighted by Crippen LogP contribution is 2.29. The van der Waals surface area contributed by atoms with Crippen LogP contribution in [-0.4, -0.2) is 16.9 Å². The summed E-state index contributed by atoms with van der Waals surface area (Å²) in [5.41, 5.74) is 0.613. The van der Waals surface area contributed by atoms with Crippen LogP contribution in [0.15, 0.2) is 28.4 Å². The van der Waals surface area contributed by atoms with Crippen molar-refractivity contribution in [2.45, 2.75) is 6.92 Å². The minimum Gasteiger partial charge on any atom is -0.475 e. The largest absolute Gasteiger partial charge is 0.475 e. The lowest BCUT2D eigenvalue weighted by Gasteiger charge is -2.11. The number of carboxylic acid groups (broad SMARTS) is 1. The number of benzene rings is 1. The van der Waals surface area contributed by atoms with Crippen molar-refractivity contribution in [3.05, 3.63) is 39.5 Å². The van der Waals surface area contributed by atoms with Crippen molar-refractivity contribution >= 4 is 33.4 Å². The number of allylic oxidation sites excluding steroid dienone is 1. The summed E-state index contributed by atoms with van der Waals surface area (Å²) in [4.78, 5) is 22.5. The molecule has 100 valence electrons. The molecule has 0 heterocycles. The second kappa shape index (κ2) is 6.50. The molecule has 0 aliphatic carbocycles. The number of rotatable bonds is 4. The summed E-state index contributed by atoms with van der Waals surface area (Å²) in [7, 11) is 0. The zero-order chi connectivity index (χ0) is 15.3. The molecule has 0 spiro atoms. The van der Waals surface area contributed by atoms with Crippen molar-refractivity contribution in [3.8, 4) is 12.1 Å². The fraction of sp³-hybridized carbons (Fsp3) is 0.0769. The van der Waals surface area contributed by atoms with Crippen LogP contribution in [-0.2, 0) is 4.79 Å². The van der Waals surface area contributed by atoms with Gasteiger partial charge < -0.3 is 10.4 Å². The van der Waals surface area contributed by atoms with Crippen molar-refractivity contribution in [1.82, 2.24) is 0 Å². The average molecular weight is 334 g/mol. The van der Waals surface area contributed by atoms with E-state index in [0.717, 1.165) is 6.20 Å². The number of halogens is 1. The number of ketones is 1. The van der Waals surface area contributed by atoms with Gasteiger partial charge in [-0.15, -0.1) is 0 Å². The van der Waals surface area contributed by atoms with Gasteiger partial charge in [-0.25, -0.2) is 4.79 Å². The fourth-order valence-corrected chi connectivity index (χ4v) is 1.89. The van der Waals surface area contributed by atoms with E-state index in [1.165, 1.54) is 6.07 Å². The molecule has 0 radical (unpaired) electrons. The summed E-state index contributed by atoms with van der Waals surface area (Å²) >= 11 is 3.17. The van der Waals surface area contributed by atoms with Gasteiger partial charge in [0, 0.05) is 10.7 Å². The Morgan fingerprint density at radius 3 is 2.45 bits per heavy atom. The van der Waals surface area contributed by atoms with Crippen molar-refractivity contribution in [2.24, 2.45) is 0 Å². The molecule has 0 atom stereocenters. The second-order valence-electron chi connectivity index (χ2n) is 3.68. The van der Waals surface area contributed by atoms with Crippen molar-refractivity contribution in [2.75, 3.05) is 5.32 Å². The van der Waals surface area contributed by atoms with Gasteiger partial charge in [0.15, 0.2) is 0 Å². The molecule has 1 aromatic carbocycles. The number of aryl methyl sites for hydroxylation is 1. The third-order valence-corrected chi connectivity index (χ3v) is 3.39. The maximum Gasteiger partial charge on any atom is 0.377 e. The molecule has 0 saturated carbocycles. The van der Waals surface area contributed by atoms with Gasteiger partial charge in [0.2, 0.25) is 0 Å². The Balaban J connectivity index is 3.35. The van der Waals surface area contributed by atoms with E-state index in [1.54, 1.807) is 25.1 Å². The van der Waals surface area contributed by atoms with E-state index < -0.39 is 11.8 Å². The van der Waals surface area contributed by atoms with E-state index in [0.29, 0.717) is 10.0 Å². The third kappa shape index (κ3) is 3.22. The number of nitrogens with one attached hydrogen (secondary N) is 1. The zero-order valence-electron chi connectivity index (χ0n) is 10.3. The smallest absolute Gasteiger partial charge is 0.377 e. The molecular weight excluding hydrogens is 326 g/mol. The highest BCUT2D eigenvalue weighted by Gasteiger charge is 2.22. The first-order valence-electron chi connectivity index (χ1n) is 5.26. The van der Waals surface area contributed by atoms with Gasteiger partial charge >= 0.3 is 5.97 Å². The quantitative estimate of drug-likeness (QED) is 0.496. The lowest BCUT2D eigenvalue weighted by atomic mass is 10.1. The van der Waals surface area contributed by atoms with E-state index in [9.17, 15) is 9.59 Å². The normalized spacial score (nSPS) is 9.00. The zero-order valence-corrected chi connectivity index (χ0v) is 11.9. The molecule has 0 fully saturated rings. The first kappa shape index (κ1) is 15.4.